The molecule has 0 saturated carbocycles. The molecule has 9 nitrogen and oxygen atoms in total. The van der Waals surface area contributed by atoms with E-state index in [4.69, 9.17) is 23.7 Å². The average molecular weight is 333 g/mol. The molecule has 9 heteroatoms. The third-order valence-corrected chi connectivity index (χ3v) is 3.49. The lowest BCUT2D eigenvalue weighted by molar-refractivity contribution is -0.165. The second kappa shape index (κ2) is 9.31. The predicted octanol–water partition coefficient (Wildman–Crippen LogP) is 0.311. The maximum absolute atomic E-state index is 12.2. The van der Waals surface area contributed by atoms with Gasteiger partial charge in [-0.05, 0) is 6.92 Å². The summed E-state index contributed by atoms with van der Waals surface area (Å²) in [6.45, 7) is 1.75. The summed E-state index contributed by atoms with van der Waals surface area (Å²) in [6, 6.07) is -2.00. The Morgan fingerprint density at radius 3 is 1.91 bits per heavy atom. The Balaban J connectivity index is 3.08. The molecule has 0 aliphatic carbocycles. The summed E-state index contributed by atoms with van der Waals surface area (Å²) in [5.74, 6) is -1.31. The van der Waals surface area contributed by atoms with Crippen LogP contribution in [-0.4, -0.2) is 75.8 Å². The van der Waals surface area contributed by atoms with Crippen LogP contribution in [0.5, 0.6) is 0 Å². The summed E-state index contributed by atoms with van der Waals surface area (Å²) in [6.07, 6.45) is -0.901. The summed E-state index contributed by atoms with van der Waals surface area (Å²) in [5, 5.41) is 0. The zero-order valence-electron chi connectivity index (χ0n) is 13.8. The predicted molar refractivity (Wildman–Crippen MR) is 76.5 cm³/mol. The van der Waals surface area contributed by atoms with Crippen LogP contribution in [0, 0.1) is 0 Å². The minimum absolute atomic E-state index is 0.00581. The van der Waals surface area contributed by atoms with Crippen molar-refractivity contribution < 1.29 is 38.1 Å². The fourth-order valence-electron chi connectivity index (χ4n) is 2.48. The number of nitrogens with zero attached hydrogens (tertiary/aromatic N) is 1. The number of likely N-dealkylation sites (tertiary alicyclic amines) is 1. The van der Waals surface area contributed by atoms with Crippen LogP contribution in [0.1, 0.15) is 19.8 Å². The molecule has 1 amide bonds. The van der Waals surface area contributed by atoms with Crippen molar-refractivity contribution in [3.8, 4) is 0 Å². The number of rotatable bonds is 6. The van der Waals surface area contributed by atoms with E-state index in [1.165, 1.54) is 21.3 Å². The molecule has 1 saturated heterocycles. The van der Waals surface area contributed by atoms with Crippen LogP contribution in [0.2, 0.25) is 0 Å². The van der Waals surface area contributed by atoms with Crippen LogP contribution in [-0.2, 0) is 33.3 Å². The van der Waals surface area contributed by atoms with Crippen molar-refractivity contribution in [1.29, 1.82) is 0 Å². The number of piperidine rings is 1. The van der Waals surface area contributed by atoms with Crippen molar-refractivity contribution in [2.24, 2.45) is 0 Å². The van der Waals surface area contributed by atoms with Gasteiger partial charge in [-0.3, -0.25) is 4.90 Å². The van der Waals surface area contributed by atoms with Crippen LogP contribution in [0.25, 0.3) is 0 Å². The Labute approximate surface area is 134 Å². The van der Waals surface area contributed by atoms with Gasteiger partial charge in [-0.1, -0.05) is 0 Å². The van der Waals surface area contributed by atoms with E-state index in [-0.39, 0.29) is 26.2 Å². The van der Waals surface area contributed by atoms with E-state index in [0.29, 0.717) is 0 Å². The average Bonchev–Trinajstić information content (AvgIpc) is 2.57. The first-order valence-corrected chi connectivity index (χ1v) is 7.21. The highest BCUT2D eigenvalue weighted by molar-refractivity contribution is 5.87. The molecule has 0 radical (unpaired) electrons. The van der Waals surface area contributed by atoms with Crippen molar-refractivity contribution >= 4 is 18.0 Å². The maximum atomic E-state index is 12.2. The quantitative estimate of drug-likeness (QED) is 0.389. The molecule has 1 heterocycles. The Morgan fingerprint density at radius 2 is 1.52 bits per heavy atom. The highest BCUT2D eigenvalue weighted by Crippen LogP contribution is 2.28. The van der Waals surface area contributed by atoms with Gasteiger partial charge >= 0.3 is 18.0 Å². The van der Waals surface area contributed by atoms with E-state index in [9.17, 15) is 14.4 Å². The monoisotopic (exact) mass is 333 g/mol. The van der Waals surface area contributed by atoms with Gasteiger partial charge in [-0.2, -0.15) is 0 Å². The molecule has 3 atom stereocenters. The zero-order valence-corrected chi connectivity index (χ0v) is 13.8. The molecule has 0 aromatic carbocycles. The molecule has 1 unspecified atom stereocenters. The molecule has 132 valence electrons. The minimum atomic E-state index is -1.00. The van der Waals surface area contributed by atoms with Gasteiger partial charge in [0.15, 0.2) is 0 Å². The SMILES string of the molecule is CCOC(=O)N1[C@@H](C(=O)OC)CC(OCOC)C[C@H]1C(=O)OC. The second-order valence-corrected chi connectivity index (χ2v) is 4.85. The van der Waals surface area contributed by atoms with Crippen molar-refractivity contribution in [2.45, 2.75) is 38.0 Å². The van der Waals surface area contributed by atoms with Gasteiger partial charge in [0.05, 0.1) is 26.9 Å². The Hall–Kier alpha value is -1.87. The summed E-state index contributed by atoms with van der Waals surface area (Å²) in [7, 11) is 3.88. The first-order chi connectivity index (χ1) is 11.0. The lowest BCUT2D eigenvalue weighted by Gasteiger charge is -2.41. The van der Waals surface area contributed by atoms with Crippen molar-refractivity contribution in [3.63, 3.8) is 0 Å². The molecule has 0 aromatic heterocycles. The van der Waals surface area contributed by atoms with Crippen LogP contribution in [0.4, 0.5) is 4.79 Å². The molecule has 0 aromatic rings. The molecule has 1 fully saturated rings. The first-order valence-electron chi connectivity index (χ1n) is 7.21. The van der Waals surface area contributed by atoms with Crippen LogP contribution >= 0.6 is 0 Å². The van der Waals surface area contributed by atoms with Crippen molar-refractivity contribution in [3.05, 3.63) is 0 Å². The topological polar surface area (TPSA) is 101 Å². The Kier molecular flexibility index (Phi) is 7.76. The smallest absolute Gasteiger partial charge is 0.411 e. The number of ether oxygens (including phenoxy) is 5. The van der Waals surface area contributed by atoms with E-state index in [2.05, 4.69) is 0 Å². The summed E-state index contributed by atoms with van der Waals surface area (Å²) in [4.78, 5) is 37.4. The highest BCUT2D eigenvalue weighted by Gasteiger charge is 2.47. The van der Waals surface area contributed by atoms with Gasteiger partial charge in [0.1, 0.15) is 18.9 Å². The number of carbonyl (C=O) groups is 3. The summed E-state index contributed by atoms with van der Waals surface area (Å²) < 4.78 is 24.7. The molecule has 0 N–H and O–H groups in total. The van der Waals surface area contributed by atoms with E-state index in [0.717, 1.165) is 4.90 Å². The molecule has 1 rings (SSSR count). The van der Waals surface area contributed by atoms with E-state index in [1.807, 2.05) is 0 Å². The lowest BCUT2D eigenvalue weighted by Crippen LogP contribution is -2.60. The zero-order chi connectivity index (χ0) is 17.4. The van der Waals surface area contributed by atoms with Crippen LogP contribution in [0.3, 0.4) is 0 Å². The molecule has 0 spiro atoms. The van der Waals surface area contributed by atoms with Gasteiger partial charge < -0.3 is 23.7 Å². The third-order valence-electron chi connectivity index (χ3n) is 3.49. The van der Waals surface area contributed by atoms with Gasteiger partial charge in [0, 0.05) is 20.0 Å². The number of hydrogen-bond donors (Lipinski definition) is 0. The van der Waals surface area contributed by atoms with E-state index < -0.39 is 36.2 Å². The third kappa shape index (κ3) is 4.80. The van der Waals surface area contributed by atoms with E-state index >= 15 is 0 Å². The van der Waals surface area contributed by atoms with Gasteiger partial charge in [0.25, 0.3) is 0 Å². The van der Waals surface area contributed by atoms with Crippen LogP contribution in [0.15, 0.2) is 0 Å². The normalized spacial score (nSPS) is 24.0. The summed E-state index contributed by atoms with van der Waals surface area (Å²) >= 11 is 0. The van der Waals surface area contributed by atoms with Gasteiger partial charge in [-0.15, -0.1) is 0 Å². The first kappa shape index (κ1) is 19.2. The molecule has 23 heavy (non-hydrogen) atoms. The highest BCUT2D eigenvalue weighted by atomic mass is 16.7. The standard InChI is InChI=1S/C14H23NO8/c1-5-22-14(18)15-10(12(16)20-3)6-9(23-8-19-2)7-11(15)13(17)21-4/h9-11H,5-8H2,1-4H3/t9?,10-,11+. The van der Waals surface area contributed by atoms with Crippen molar-refractivity contribution in [2.75, 3.05) is 34.7 Å². The fraction of sp³-hybridized carbons (Fsp3) is 0.786. The Morgan fingerprint density at radius 1 is 1.00 bits per heavy atom. The molecule has 0 bridgehead atoms. The maximum Gasteiger partial charge on any atom is 0.411 e. The largest absolute Gasteiger partial charge is 0.467 e. The molecule has 1 aliphatic heterocycles. The minimum Gasteiger partial charge on any atom is -0.467 e. The molecule has 1 aliphatic rings. The molecular formula is C14H23NO8. The number of amides is 1. The number of methoxy groups -OCH3 is 3. The lowest BCUT2D eigenvalue weighted by atomic mass is 9.93. The van der Waals surface area contributed by atoms with Gasteiger partial charge in [0.2, 0.25) is 0 Å². The fourth-order valence-corrected chi connectivity index (χ4v) is 2.48. The summed E-state index contributed by atoms with van der Waals surface area (Å²) in [5.41, 5.74) is 0. The Bertz CT molecular complexity index is 401. The molecular weight excluding hydrogens is 310 g/mol. The van der Waals surface area contributed by atoms with Gasteiger partial charge in [-0.25, -0.2) is 14.4 Å². The van der Waals surface area contributed by atoms with E-state index in [1.54, 1.807) is 6.92 Å². The number of carbonyl (C=O) groups excluding carboxylic acids is 3. The number of esters is 2. The van der Waals surface area contributed by atoms with Crippen LogP contribution < -0.4 is 0 Å². The second-order valence-electron chi connectivity index (χ2n) is 4.85. The van der Waals surface area contributed by atoms with Crippen molar-refractivity contribution in [1.82, 2.24) is 4.90 Å². The number of hydrogen-bond acceptors (Lipinski definition) is 8.